The predicted octanol–water partition coefficient (Wildman–Crippen LogP) is 3.48. The number of nitrogens with zero attached hydrogens (tertiary/aromatic N) is 1. The first kappa shape index (κ1) is 23.4. The lowest BCUT2D eigenvalue weighted by molar-refractivity contribution is -0.140. The number of likely N-dealkylation sites (tertiary alicyclic amines) is 1. The molecule has 2 aromatic carbocycles. The van der Waals surface area contributed by atoms with Crippen LogP contribution in [0.2, 0.25) is 0 Å². The Morgan fingerprint density at radius 2 is 1.88 bits per heavy atom. The molecule has 0 aromatic heterocycles. The monoisotopic (exact) mass is 465 g/mol. The first-order valence-electron chi connectivity index (χ1n) is 11.1. The van der Waals surface area contributed by atoms with Crippen LogP contribution in [0, 0.1) is 0 Å². The third-order valence-corrected chi connectivity index (χ3v) is 5.67. The van der Waals surface area contributed by atoms with Crippen LogP contribution in [0.25, 0.3) is 5.76 Å². The lowest BCUT2D eigenvalue weighted by Gasteiger charge is -2.25. The van der Waals surface area contributed by atoms with Gasteiger partial charge >= 0.3 is 0 Å². The quantitative estimate of drug-likeness (QED) is 0.199. The smallest absolute Gasteiger partial charge is 0.295 e. The van der Waals surface area contributed by atoms with Crippen molar-refractivity contribution in [1.82, 2.24) is 4.90 Å². The number of aliphatic hydroxyl groups excluding tert-OH is 1. The van der Waals surface area contributed by atoms with Crippen LogP contribution >= 0.6 is 0 Å². The third kappa shape index (κ3) is 4.63. The van der Waals surface area contributed by atoms with E-state index in [1.54, 1.807) is 55.7 Å². The number of aliphatic hydroxyl groups is 1. The van der Waals surface area contributed by atoms with E-state index in [-0.39, 0.29) is 11.3 Å². The Hall–Kier alpha value is -3.78. The predicted molar refractivity (Wildman–Crippen MR) is 125 cm³/mol. The number of ketones is 1. The van der Waals surface area contributed by atoms with Gasteiger partial charge in [0.1, 0.15) is 31.3 Å². The van der Waals surface area contributed by atoms with E-state index < -0.39 is 17.7 Å². The Morgan fingerprint density at radius 1 is 1.15 bits per heavy atom. The van der Waals surface area contributed by atoms with Crippen LogP contribution in [0.3, 0.4) is 0 Å². The summed E-state index contributed by atoms with van der Waals surface area (Å²) in [5.74, 6) is 0.0155. The van der Waals surface area contributed by atoms with Gasteiger partial charge in [-0.3, -0.25) is 9.59 Å². The molecule has 2 heterocycles. The lowest BCUT2D eigenvalue weighted by Crippen LogP contribution is -2.31. The highest BCUT2D eigenvalue weighted by Crippen LogP contribution is 2.41. The number of Topliss-reactive ketones (excluding diaryl/α,β-unsaturated/α-hetero) is 1. The molecular weight excluding hydrogens is 438 g/mol. The van der Waals surface area contributed by atoms with Crippen LogP contribution in [0.5, 0.6) is 17.2 Å². The molecule has 178 valence electrons. The van der Waals surface area contributed by atoms with Crippen molar-refractivity contribution in [3.63, 3.8) is 0 Å². The van der Waals surface area contributed by atoms with Gasteiger partial charge < -0.3 is 29.0 Å². The van der Waals surface area contributed by atoms with E-state index in [2.05, 4.69) is 6.58 Å². The topological polar surface area (TPSA) is 94.5 Å². The van der Waals surface area contributed by atoms with E-state index in [9.17, 15) is 14.7 Å². The largest absolute Gasteiger partial charge is 0.507 e. The molecule has 1 atom stereocenters. The number of fused-ring (bicyclic) bond motifs is 1. The third-order valence-electron chi connectivity index (χ3n) is 5.67. The summed E-state index contributed by atoms with van der Waals surface area (Å²) in [5, 5.41) is 11.2. The standard InChI is InChI=1S/C26H27NO7/c1-3-12-32-19-8-5-17(6-9-19)23-22(25(29)26(30)27(23)11-4-13-31-2)24(28)18-7-10-20-21(16-18)34-15-14-33-20/h3,5-10,16,23,28H,1,4,11-15H2,2H3/b24-22+. The van der Waals surface area contributed by atoms with Gasteiger partial charge in [-0.1, -0.05) is 24.8 Å². The van der Waals surface area contributed by atoms with E-state index in [0.717, 1.165) is 0 Å². The van der Waals surface area contributed by atoms with Gasteiger partial charge in [0.25, 0.3) is 11.7 Å². The van der Waals surface area contributed by atoms with E-state index >= 15 is 0 Å². The normalized spacial score (nSPS) is 18.7. The zero-order chi connectivity index (χ0) is 24.1. The molecule has 1 amide bonds. The summed E-state index contributed by atoms with van der Waals surface area (Å²) in [6.07, 6.45) is 2.19. The highest BCUT2D eigenvalue weighted by atomic mass is 16.6. The van der Waals surface area contributed by atoms with Gasteiger partial charge in [-0.2, -0.15) is 0 Å². The number of methoxy groups -OCH3 is 1. The highest BCUT2D eigenvalue weighted by molar-refractivity contribution is 6.46. The zero-order valence-corrected chi connectivity index (χ0v) is 19.0. The Bertz CT molecular complexity index is 1110. The summed E-state index contributed by atoms with van der Waals surface area (Å²) in [6.45, 7) is 5.57. The fraction of sp³-hybridized carbons (Fsp3) is 0.308. The minimum Gasteiger partial charge on any atom is -0.507 e. The minimum atomic E-state index is -0.751. The van der Waals surface area contributed by atoms with Crippen LogP contribution < -0.4 is 14.2 Å². The molecule has 0 spiro atoms. The number of carbonyl (C=O) groups is 2. The van der Waals surface area contributed by atoms with Gasteiger partial charge in [0.2, 0.25) is 0 Å². The van der Waals surface area contributed by atoms with Crippen molar-refractivity contribution in [3.8, 4) is 17.2 Å². The van der Waals surface area contributed by atoms with Gasteiger partial charge in [0, 0.05) is 25.8 Å². The highest BCUT2D eigenvalue weighted by Gasteiger charge is 2.45. The Morgan fingerprint density at radius 3 is 2.59 bits per heavy atom. The second-order valence-corrected chi connectivity index (χ2v) is 7.87. The summed E-state index contributed by atoms with van der Waals surface area (Å²) in [5.41, 5.74) is 1.08. The van der Waals surface area contributed by atoms with Crippen LogP contribution in [0.4, 0.5) is 0 Å². The summed E-state index contributed by atoms with van der Waals surface area (Å²) in [6, 6.07) is 11.3. The first-order valence-corrected chi connectivity index (χ1v) is 11.1. The van der Waals surface area contributed by atoms with Crippen molar-refractivity contribution in [3.05, 3.63) is 71.8 Å². The zero-order valence-electron chi connectivity index (χ0n) is 19.0. The van der Waals surface area contributed by atoms with E-state index in [4.69, 9.17) is 18.9 Å². The summed E-state index contributed by atoms with van der Waals surface area (Å²) in [4.78, 5) is 27.6. The maximum absolute atomic E-state index is 13.1. The molecule has 2 aromatic rings. The van der Waals surface area contributed by atoms with Crippen molar-refractivity contribution < 1.29 is 33.6 Å². The SMILES string of the molecule is C=CCOc1ccc(C2/C(=C(\O)c3ccc4c(c3)OCCO4)C(=O)C(=O)N2CCCOC)cc1. The van der Waals surface area contributed by atoms with E-state index in [1.165, 1.54) is 4.90 Å². The molecule has 2 aliphatic heterocycles. The number of hydrogen-bond acceptors (Lipinski definition) is 7. The lowest BCUT2D eigenvalue weighted by atomic mass is 9.95. The van der Waals surface area contributed by atoms with Crippen molar-refractivity contribution in [1.29, 1.82) is 0 Å². The molecule has 4 rings (SSSR count). The number of rotatable bonds is 9. The molecule has 1 N–H and O–H groups in total. The molecule has 1 fully saturated rings. The van der Waals surface area contributed by atoms with E-state index in [1.807, 2.05) is 0 Å². The molecule has 8 nitrogen and oxygen atoms in total. The van der Waals surface area contributed by atoms with Crippen LogP contribution in [-0.4, -0.2) is 61.8 Å². The molecule has 0 aliphatic carbocycles. The van der Waals surface area contributed by atoms with Crippen LogP contribution in [0.15, 0.2) is 60.7 Å². The van der Waals surface area contributed by atoms with Crippen molar-refractivity contribution >= 4 is 17.4 Å². The second kappa shape index (κ2) is 10.4. The number of benzene rings is 2. The minimum absolute atomic E-state index is 0.0267. The van der Waals surface area contributed by atoms with Crippen molar-refractivity contribution in [2.45, 2.75) is 12.5 Å². The second-order valence-electron chi connectivity index (χ2n) is 7.87. The molecular formula is C26H27NO7. The maximum atomic E-state index is 13.1. The molecule has 0 radical (unpaired) electrons. The van der Waals surface area contributed by atoms with Gasteiger partial charge in [0.05, 0.1) is 11.6 Å². The molecule has 34 heavy (non-hydrogen) atoms. The average molecular weight is 466 g/mol. The van der Waals surface area contributed by atoms with Gasteiger partial charge in [-0.15, -0.1) is 0 Å². The molecule has 0 bridgehead atoms. The van der Waals surface area contributed by atoms with Gasteiger partial charge in [-0.05, 0) is 42.3 Å². The molecule has 8 heteroatoms. The summed E-state index contributed by atoms with van der Waals surface area (Å²) < 4.78 is 21.8. The maximum Gasteiger partial charge on any atom is 0.295 e. The Labute approximate surface area is 198 Å². The fourth-order valence-corrected chi connectivity index (χ4v) is 4.08. The van der Waals surface area contributed by atoms with Gasteiger partial charge in [-0.25, -0.2) is 0 Å². The van der Waals surface area contributed by atoms with Crippen LogP contribution in [0.1, 0.15) is 23.6 Å². The van der Waals surface area contributed by atoms with Crippen molar-refractivity contribution in [2.24, 2.45) is 0 Å². The van der Waals surface area contributed by atoms with E-state index in [0.29, 0.717) is 67.8 Å². The van der Waals surface area contributed by atoms with Gasteiger partial charge in [0.15, 0.2) is 11.5 Å². The average Bonchev–Trinajstić information content (AvgIpc) is 3.12. The van der Waals surface area contributed by atoms with Crippen LogP contribution in [-0.2, 0) is 14.3 Å². The number of amides is 1. The Kier molecular flexibility index (Phi) is 7.18. The number of carbonyl (C=O) groups excluding carboxylic acids is 2. The Balaban J connectivity index is 1.75. The molecule has 0 saturated carbocycles. The summed E-state index contributed by atoms with van der Waals surface area (Å²) in [7, 11) is 1.58. The number of ether oxygens (including phenoxy) is 4. The number of hydrogen-bond donors (Lipinski definition) is 1. The molecule has 1 unspecified atom stereocenters. The first-order chi connectivity index (χ1) is 16.5. The fourth-order valence-electron chi connectivity index (χ4n) is 4.08. The molecule has 1 saturated heterocycles. The van der Waals surface area contributed by atoms with Crippen molar-refractivity contribution in [2.75, 3.05) is 40.1 Å². The summed E-state index contributed by atoms with van der Waals surface area (Å²) >= 11 is 0. The molecule has 2 aliphatic rings.